The zero-order valence-corrected chi connectivity index (χ0v) is 12.4. The summed E-state index contributed by atoms with van der Waals surface area (Å²) >= 11 is 5.47. The van der Waals surface area contributed by atoms with Gasteiger partial charge in [-0.25, -0.2) is 0 Å². The van der Waals surface area contributed by atoms with Crippen LogP contribution in [0.3, 0.4) is 0 Å². The van der Waals surface area contributed by atoms with Gasteiger partial charge in [-0.15, -0.1) is 11.6 Å². The van der Waals surface area contributed by atoms with E-state index in [1.54, 1.807) is 6.07 Å². The number of methoxy groups -OCH3 is 1. The summed E-state index contributed by atoms with van der Waals surface area (Å²) < 4.78 is 4.99. The molecule has 0 aliphatic rings. The summed E-state index contributed by atoms with van der Waals surface area (Å²) in [5.41, 5.74) is -0.114. The third kappa shape index (κ3) is 4.64. The van der Waals surface area contributed by atoms with E-state index in [4.69, 9.17) is 21.6 Å². The Kier molecular flexibility index (Phi) is 6.66. The van der Waals surface area contributed by atoms with Crippen molar-refractivity contribution in [3.05, 3.63) is 40.1 Å². The van der Waals surface area contributed by atoms with Crippen molar-refractivity contribution in [2.75, 3.05) is 24.9 Å². The highest BCUT2D eigenvalue weighted by Gasteiger charge is 2.15. The Balaban J connectivity index is 2.94. The first-order chi connectivity index (χ1) is 10.5. The molecule has 0 saturated heterocycles. The van der Waals surface area contributed by atoms with E-state index in [0.717, 1.165) is 0 Å². The third-order valence-electron chi connectivity index (χ3n) is 2.49. The highest BCUT2D eigenvalue weighted by Crippen LogP contribution is 2.29. The van der Waals surface area contributed by atoms with Crippen LogP contribution in [0.25, 0.3) is 0 Å². The molecule has 0 saturated carbocycles. The number of nitro groups is 1. The van der Waals surface area contributed by atoms with Crippen molar-refractivity contribution in [2.24, 2.45) is 0 Å². The minimum atomic E-state index is -0.670. The van der Waals surface area contributed by atoms with Crippen molar-refractivity contribution in [1.29, 1.82) is 5.26 Å². The molecule has 0 atom stereocenters. The van der Waals surface area contributed by atoms with Crippen LogP contribution in [0.15, 0.2) is 30.0 Å². The topological polar surface area (TPSA) is 117 Å². The van der Waals surface area contributed by atoms with Crippen LogP contribution in [-0.4, -0.2) is 30.4 Å². The second-order valence-corrected chi connectivity index (χ2v) is 4.29. The van der Waals surface area contributed by atoms with Gasteiger partial charge < -0.3 is 15.4 Å². The first-order valence-electron chi connectivity index (χ1n) is 6.07. The summed E-state index contributed by atoms with van der Waals surface area (Å²) in [7, 11) is 1.32. The number of carbonyl (C=O) groups excluding carboxylic acids is 1. The molecule has 0 aliphatic heterocycles. The van der Waals surface area contributed by atoms with Gasteiger partial charge in [-0.2, -0.15) is 5.26 Å². The lowest BCUT2D eigenvalue weighted by Crippen LogP contribution is -2.18. The maximum Gasteiger partial charge on any atom is 0.273 e. The number of halogens is 1. The first kappa shape index (κ1) is 17.3. The van der Waals surface area contributed by atoms with Gasteiger partial charge in [-0.1, -0.05) is 0 Å². The van der Waals surface area contributed by atoms with Crippen molar-refractivity contribution in [2.45, 2.75) is 0 Å². The van der Waals surface area contributed by atoms with Gasteiger partial charge in [0.15, 0.2) is 0 Å². The molecule has 0 fully saturated rings. The minimum Gasteiger partial charge on any atom is -0.494 e. The number of hydrogen-bond acceptors (Lipinski definition) is 6. The molecule has 0 radical (unpaired) electrons. The molecule has 22 heavy (non-hydrogen) atoms. The van der Waals surface area contributed by atoms with E-state index in [9.17, 15) is 14.9 Å². The Hall–Kier alpha value is -2.79. The molecule has 1 aromatic rings. The number of alkyl halides is 1. The summed E-state index contributed by atoms with van der Waals surface area (Å²) in [5.74, 6) is -0.224. The van der Waals surface area contributed by atoms with Crippen molar-refractivity contribution in [3.63, 3.8) is 0 Å². The van der Waals surface area contributed by atoms with Gasteiger partial charge >= 0.3 is 0 Å². The van der Waals surface area contributed by atoms with E-state index in [-0.39, 0.29) is 22.7 Å². The maximum absolute atomic E-state index is 12.0. The predicted molar refractivity (Wildman–Crippen MR) is 80.7 cm³/mol. The quantitative estimate of drug-likeness (QED) is 0.197. The van der Waals surface area contributed by atoms with Crippen molar-refractivity contribution in [1.82, 2.24) is 5.32 Å². The Morgan fingerprint density at radius 1 is 1.59 bits per heavy atom. The lowest BCUT2D eigenvalue weighted by atomic mass is 10.2. The standard InChI is InChI=1S/C13H13ClN4O4/c1-22-12-6-10(18(20)21)2-3-11(12)17-13(19)9(7-15)8-16-5-4-14/h2-3,6,8,16H,4-5H2,1H3,(H,17,19)/b9-8-. The van der Waals surface area contributed by atoms with E-state index in [1.807, 2.05) is 0 Å². The number of anilines is 1. The maximum atomic E-state index is 12.0. The van der Waals surface area contributed by atoms with Gasteiger partial charge in [0.25, 0.3) is 11.6 Å². The van der Waals surface area contributed by atoms with E-state index in [1.165, 1.54) is 31.5 Å². The molecule has 0 heterocycles. The molecule has 0 aromatic heterocycles. The zero-order chi connectivity index (χ0) is 16.5. The summed E-state index contributed by atoms with van der Waals surface area (Å²) in [4.78, 5) is 22.1. The fourth-order valence-corrected chi connectivity index (χ4v) is 1.57. The van der Waals surface area contributed by atoms with Crippen LogP contribution >= 0.6 is 11.6 Å². The van der Waals surface area contributed by atoms with E-state index < -0.39 is 10.8 Å². The number of nitrogens with one attached hydrogen (secondary N) is 2. The number of non-ortho nitro benzene ring substituents is 1. The molecule has 116 valence electrons. The molecule has 1 aromatic carbocycles. The van der Waals surface area contributed by atoms with Crippen LogP contribution in [0.2, 0.25) is 0 Å². The highest BCUT2D eigenvalue weighted by molar-refractivity contribution is 6.18. The number of nitrogens with zero attached hydrogens (tertiary/aromatic N) is 2. The summed E-state index contributed by atoms with van der Waals surface area (Å²) in [5, 5.41) is 24.8. The third-order valence-corrected chi connectivity index (χ3v) is 2.68. The van der Waals surface area contributed by atoms with Crippen LogP contribution in [0, 0.1) is 21.4 Å². The molecule has 0 aliphatic carbocycles. The number of carbonyl (C=O) groups is 1. The second kappa shape index (κ2) is 8.49. The van der Waals surface area contributed by atoms with E-state index in [0.29, 0.717) is 12.4 Å². The van der Waals surface area contributed by atoms with Crippen molar-refractivity contribution >= 4 is 28.9 Å². The van der Waals surface area contributed by atoms with Crippen molar-refractivity contribution < 1.29 is 14.5 Å². The zero-order valence-electron chi connectivity index (χ0n) is 11.6. The van der Waals surface area contributed by atoms with Crippen LogP contribution in [0.4, 0.5) is 11.4 Å². The van der Waals surface area contributed by atoms with Crippen molar-refractivity contribution in [3.8, 4) is 11.8 Å². The average molecular weight is 325 g/mol. The number of nitriles is 1. The number of benzene rings is 1. The molecule has 9 heteroatoms. The molecular weight excluding hydrogens is 312 g/mol. The molecule has 8 nitrogen and oxygen atoms in total. The van der Waals surface area contributed by atoms with Gasteiger partial charge in [0, 0.05) is 24.7 Å². The van der Waals surface area contributed by atoms with E-state index in [2.05, 4.69) is 10.6 Å². The monoisotopic (exact) mass is 324 g/mol. The Morgan fingerprint density at radius 2 is 2.32 bits per heavy atom. The molecule has 2 N–H and O–H groups in total. The van der Waals surface area contributed by atoms with Crippen LogP contribution in [0.5, 0.6) is 5.75 Å². The second-order valence-electron chi connectivity index (χ2n) is 3.91. The molecule has 0 unspecified atom stereocenters. The number of rotatable bonds is 7. The first-order valence-corrected chi connectivity index (χ1v) is 6.60. The van der Waals surface area contributed by atoms with Crippen LogP contribution in [0.1, 0.15) is 0 Å². The average Bonchev–Trinajstić information content (AvgIpc) is 2.51. The Labute approximate surface area is 131 Å². The fraction of sp³-hybridized carbons (Fsp3) is 0.231. The lowest BCUT2D eigenvalue weighted by molar-refractivity contribution is -0.384. The largest absolute Gasteiger partial charge is 0.494 e. The normalized spacial score (nSPS) is 10.5. The van der Waals surface area contributed by atoms with Gasteiger partial charge in [-0.3, -0.25) is 14.9 Å². The summed E-state index contributed by atoms with van der Waals surface area (Å²) in [6.45, 7) is 0.404. The molecule has 1 amide bonds. The fourth-order valence-electron chi connectivity index (χ4n) is 1.46. The summed E-state index contributed by atoms with van der Waals surface area (Å²) in [6, 6.07) is 5.47. The number of nitro benzene ring substituents is 1. The summed E-state index contributed by atoms with van der Waals surface area (Å²) in [6.07, 6.45) is 1.25. The van der Waals surface area contributed by atoms with Gasteiger partial charge in [0.2, 0.25) is 0 Å². The van der Waals surface area contributed by atoms with Crippen LogP contribution in [-0.2, 0) is 4.79 Å². The number of ether oxygens (including phenoxy) is 1. The SMILES string of the molecule is COc1cc([N+](=O)[O-])ccc1NC(=O)/C(C#N)=C\NCCCl. The van der Waals surface area contributed by atoms with E-state index >= 15 is 0 Å². The van der Waals surface area contributed by atoms with Gasteiger partial charge in [-0.05, 0) is 6.07 Å². The molecule has 0 spiro atoms. The lowest BCUT2D eigenvalue weighted by Gasteiger charge is -2.09. The molecule has 1 rings (SSSR count). The smallest absolute Gasteiger partial charge is 0.273 e. The predicted octanol–water partition coefficient (Wildman–Crippen LogP) is 1.78. The highest BCUT2D eigenvalue weighted by atomic mass is 35.5. The minimum absolute atomic E-state index is 0.119. The van der Waals surface area contributed by atoms with Gasteiger partial charge in [0.1, 0.15) is 17.4 Å². The van der Waals surface area contributed by atoms with Crippen LogP contribution < -0.4 is 15.4 Å². The number of hydrogen-bond donors (Lipinski definition) is 2. The molecule has 0 bridgehead atoms. The Morgan fingerprint density at radius 3 is 2.86 bits per heavy atom. The number of amides is 1. The Bertz CT molecular complexity index is 639. The van der Waals surface area contributed by atoms with Gasteiger partial charge in [0.05, 0.1) is 23.8 Å². The molecular formula is C13H13ClN4O4.